The number of nitrogens with zero attached hydrogens (tertiary/aromatic N) is 2. The lowest BCUT2D eigenvalue weighted by Crippen LogP contribution is -2.51. The van der Waals surface area contributed by atoms with Crippen LogP contribution in [0.25, 0.3) is 0 Å². The monoisotopic (exact) mass is 240 g/mol. The Labute approximate surface area is 106 Å². The summed E-state index contributed by atoms with van der Waals surface area (Å²) in [6.07, 6.45) is 2.19. The molecule has 1 rings (SSSR count). The van der Waals surface area contributed by atoms with Gasteiger partial charge in [-0.2, -0.15) is 0 Å². The van der Waals surface area contributed by atoms with E-state index in [1.807, 2.05) is 0 Å². The van der Waals surface area contributed by atoms with E-state index in [0.29, 0.717) is 11.9 Å². The molecule has 1 heterocycles. The smallest absolute Gasteiger partial charge is 0.0963 e. The zero-order valence-corrected chi connectivity index (χ0v) is 11.8. The largest absolute Gasteiger partial charge is 0.387 e. The standard InChI is InChI=1S/C13H28N4/c1-5-11-10-17(9-8-16(11)4)7-6-13(2,3)12(14)15/h11H,5-10H2,1-4H3,(H3,14,15). The Balaban J connectivity index is 2.41. The van der Waals surface area contributed by atoms with Crippen molar-refractivity contribution in [3.8, 4) is 0 Å². The van der Waals surface area contributed by atoms with Crippen LogP contribution in [-0.2, 0) is 0 Å². The number of nitrogens with two attached hydrogens (primary N) is 1. The maximum atomic E-state index is 7.57. The molecule has 3 N–H and O–H groups in total. The predicted octanol–water partition coefficient (Wildman–Crippen LogP) is 1.36. The summed E-state index contributed by atoms with van der Waals surface area (Å²) in [6, 6.07) is 0.684. The summed E-state index contributed by atoms with van der Waals surface area (Å²) in [7, 11) is 2.21. The molecule has 1 atom stereocenters. The van der Waals surface area contributed by atoms with Gasteiger partial charge >= 0.3 is 0 Å². The molecule has 1 aliphatic heterocycles. The van der Waals surface area contributed by atoms with Gasteiger partial charge in [0.1, 0.15) is 0 Å². The van der Waals surface area contributed by atoms with Crippen LogP contribution in [0, 0.1) is 10.8 Å². The first-order valence-electron chi connectivity index (χ1n) is 6.64. The van der Waals surface area contributed by atoms with Gasteiger partial charge in [0.15, 0.2) is 0 Å². The van der Waals surface area contributed by atoms with Crippen molar-refractivity contribution < 1.29 is 0 Å². The summed E-state index contributed by atoms with van der Waals surface area (Å²) in [6.45, 7) is 10.9. The summed E-state index contributed by atoms with van der Waals surface area (Å²) >= 11 is 0. The van der Waals surface area contributed by atoms with Crippen LogP contribution >= 0.6 is 0 Å². The molecule has 17 heavy (non-hydrogen) atoms. The number of hydrogen-bond acceptors (Lipinski definition) is 3. The van der Waals surface area contributed by atoms with Crippen molar-refractivity contribution in [2.45, 2.75) is 39.7 Å². The third kappa shape index (κ3) is 3.96. The second-order valence-corrected chi connectivity index (χ2v) is 5.89. The molecule has 0 aromatic rings. The maximum Gasteiger partial charge on any atom is 0.0963 e. The average Bonchev–Trinajstić information content (AvgIpc) is 2.28. The molecule has 1 aliphatic rings. The van der Waals surface area contributed by atoms with Gasteiger partial charge in [-0.1, -0.05) is 20.8 Å². The molecule has 0 saturated carbocycles. The summed E-state index contributed by atoms with van der Waals surface area (Å²) in [5, 5.41) is 7.57. The third-order valence-corrected chi connectivity index (χ3v) is 4.11. The first kappa shape index (κ1) is 14.5. The lowest BCUT2D eigenvalue weighted by molar-refractivity contribution is 0.0877. The molecular formula is C13H28N4. The lowest BCUT2D eigenvalue weighted by Gasteiger charge is -2.40. The number of rotatable bonds is 5. The van der Waals surface area contributed by atoms with E-state index in [1.54, 1.807) is 0 Å². The van der Waals surface area contributed by atoms with Crippen molar-refractivity contribution in [3.05, 3.63) is 0 Å². The van der Waals surface area contributed by atoms with Crippen LogP contribution in [0.5, 0.6) is 0 Å². The highest BCUT2D eigenvalue weighted by atomic mass is 15.3. The molecule has 0 spiro atoms. The zero-order valence-electron chi connectivity index (χ0n) is 11.8. The van der Waals surface area contributed by atoms with Gasteiger partial charge in [0.2, 0.25) is 0 Å². The lowest BCUT2D eigenvalue weighted by atomic mass is 9.88. The van der Waals surface area contributed by atoms with Crippen LogP contribution < -0.4 is 5.73 Å². The number of piperazine rings is 1. The first-order chi connectivity index (χ1) is 7.86. The molecule has 0 radical (unpaired) electrons. The normalized spacial score (nSPS) is 23.9. The van der Waals surface area contributed by atoms with Crippen LogP contribution in [0.1, 0.15) is 33.6 Å². The first-order valence-corrected chi connectivity index (χ1v) is 6.64. The van der Waals surface area contributed by atoms with Crippen molar-refractivity contribution in [1.82, 2.24) is 9.80 Å². The van der Waals surface area contributed by atoms with E-state index in [0.717, 1.165) is 32.6 Å². The van der Waals surface area contributed by atoms with Crippen molar-refractivity contribution in [2.75, 3.05) is 33.2 Å². The highest BCUT2D eigenvalue weighted by molar-refractivity contribution is 5.82. The van der Waals surface area contributed by atoms with Gasteiger partial charge in [-0.05, 0) is 26.4 Å². The molecule has 0 aromatic carbocycles. The molecule has 0 aromatic heterocycles. The fraction of sp³-hybridized carbons (Fsp3) is 0.923. The minimum atomic E-state index is -0.162. The zero-order chi connectivity index (χ0) is 13.1. The van der Waals surface area contributed by atoms with E-state index >= 15 is 0 Å². The van der Waals surface area contributed by atoms with Gasteiger partial charge in [0.25, 0.3) is 0 Å². The van der Waals surface area contributed by atoms with Crippen LogP contribution in [-0.4, -0.2) is 54.9 Å². The Morgan fingerprint density at radius 2 is 2.06 bits per heavy atom. The molecule has 0 aliphatic carbocycles. The second kappa shape index (κ2) is 5.83. The molecular weight excluding hydrogens is 212 g/mol. The van der Waals surface area contributed by atoms with Gasteiger partial charge in [-0.15, -0.1) is 0 Å². The van der Waals surface area contributed by atoms with E-state index in [1.165, 1.54) is 6.42 Å². The highest BCUT2D eigenvalue weighted by Crippen LogP contribution is 2.21. The second-order valence-electron chi connectivity index (χ2n) is 5.89. The van der Waals surface area contributed by atoms with Crippen molar-refractivity contribution in [2.24, 2.45) is 11.1 Å². The minimum Gasteiger partial charge on any atom is -0.387 e. The van der Waals surface area contributed by atoms with Crippen molar-refractivity contribution >= 4 is 5.84 Å². The minimum absolute atomic E-state index is 0.162. The molecule has 0 bridgehead atoms. The van der Waals surface area contributed by atoms with Gasteiger partial charge in [0.05, 0.1) is 5.84 Å². The average molecular weight is 240 g/mol. The summed E-state index contributed by atoms with van der Waals surface area (Å²) in [4.78, 5) is 4.96. The van der Waals surface area contributed by atoms with E-state index in [-0.39, 0.29) is 5.41 Å². The van der Waals surface area contributed by atoms with Crippen LogP contribution in [0.2, 0.25) is 0 Å². The van der Waals surface area contributed by atoms with Gasteiger partial charge < -0.3 is 15.5 Å². The van der Waals surface area contributed by atoms with Crippen LogP contribution in [0.15, 0.2) is 0 Å². The topological polar surface area (TPSA) is 56.4 Å². The molecule has 1 fully saturated rings. The molecule has 1 unspecified atom stereocenters. The van der Waals surface area contributed by atoms with Gasteiger partial charge in [-0.25, -0.2) is 0 Å². The SMILES string of the molecule is CCC1CN(CCC(C)(C)C(=N)N)CCN1C. The highest BCUT2D eigenvalue weighted by Gasteiger charge is 2.26. The van der Waals surface area contributed by atoms with Crippen LogP contribution in [0.3, 0.4) is 0 Å². The Kier molecular flexibility index (Phi) is 4.95. The number of nitrogens with one attached hydrogen (secondary N) is 1. The van der Waals surface area contributed by atoms with Crippen LogP contribution in [0.4, 0.5) is 0 Å². The summed E-state index contributed by atoms with van der Waals surface area (Å²) in [5.41, 5.74) is 5.46. The summed E-state index contributed by atoms with van der Waals surface area (Å²) in [5.74, 6) is 0.304. The van der Waals surface area contributed by atoms with E-state index < -0.39 is 0 Å². The van der Waals surface area contributed by atoms with Gasteiger partial charge in [-0.3, -0.25) is 5.41 Å². The fourth-order valence-electron chi connectivity index (χ4n) is 2.23. The van der Waals surface area contributed by atoms with E-state index in [2.05, 4.69) is 37.6 Å². The maximum absolute atomic E-state index is 7.57. The molecule has 4 nitrogen and oxygen atoms in total. The van der Waals surface area contributed by atoms with Gasteiger partial charge in [0, 0.05) is 31.1 Å². The Hall–Kier alpha value is -0.610. The van der Waals surface area contributed by atoms with E-state index in [4.69, 9.17) is 11.1 Å². The number of hydrogen-bond donors (Lipinski definition) is 2. The summed E-state index contributed by atoms with van der Waals surface area (Å²) < 4.78 is 0. The number of likely N-dealkylation sites (N-methyl/N-ethyl adjacent to an activating group) is 1. The fourth-order valence-corrected chi connectivity index (χ4v) is 2.23. The Morgan fingerprint density at radius 3 is 2.59 bits per heavy atom. The molecule has 100 valence electrons. The van der Waals surface area contributed by atoms with E-state index in [9.17, 15) is 0 Å². The Morgan fingerprint density at radius 1 is 1.41 bits per heavy atom. The quantitative estimate of drug-likeness (QED) is 0.563. The van der Waals surface area contributed by atoms with Crippen molar-refractivity contribution in [3.63, 3.8) is 0 Å². The molecule has 4 heteroatoms. The molecule has 1 saturated heterocycles. The predicted molar refractivity (Wildman–Crippen MR) is 73.5 cm³/mol. The van der Waals surface area contributed by atoms with Crippen molar-refractivity contribution in [1.29, 1.82) is 5.41 Å². The molecule has 0 amide bonds. The third-order valence-electron chi connectivity index (χ3n) is 4.11. The Bertz CT molecular complexity index is 262. The number of amidine groups is 1.